The van der Waals surface area contributed by atoms with Crippen molar-refractivity contribution in [3.8, 4) is 0 Å². The van der Waals surface area contributed by atoms with Crippen LogP contribution < -0.4 is 11.5 Å². The Balaban J connectivity index is 2.45. The summed E-state index contributed by atoms with van der Waals surface area (Å²) < 4.78 is 0. The zero-order valence-corrected chi connectivity index (χ0v) is 6.12. The van der Waals surface area contributed by atoms with Crippen LogP contribution in [0.4, 0.5) is 5.69 Å². The van der Waals surface area contributed by atoms with Gasteiger partial charge in [-0.05, 0) is 12.8 Å². The molecule has 0 saturated heterocycles. The predicted molar refractivity (Wildman–Crippen MR) is 41.5 cm³/mol. The van der Waals surface area contributed by atoms with Crippen molar-refractivity contribution in [2.45, 2.75) is 18.4 Å². The molecular weight excluding hydrogens is 140 g/mol. The summed E-state index contributed by atoms with van der Waals surface area (Å²) in [5.74, 6) is 0. The largest absolute Gasteiger partial charge is 0.396 e. The van der Waals surface area contributed by atoms with Crippen molar-refractivity contribution in [2.75, 3.05) is 5.73 Å². The Kier molecular flexibility index (Phi) is 1.14. The number of hydrogen-bond donors (Lipinski definition) is 2. The third kappa shape index (κ3) is 0.952. The molecule has 0 aromatic carbocycles. The number of nitrogens with two attached hydrogens (primary N) is 2. The van der Waals surface area contributed by atoms with Crippen molar-refractivity contribution in [1.29, 1.82) is 0 Å². The smallest absolute Gasteiger partial charge is 0.115 e. The minimum absolute atomic E-state index is 0.243. The summed E-state index contributed by atoms with van der Waals surface area (Å²) in [6, 6.07) is 0. The van der Waals surface area contributed by atoms with E-state index in [2.05, 4.69) is 9.97 Å². The van der Waals surface area contributed by atoms with Crippen LogP contribution in [0.3, 0.4) is 0 Å². The number of nitrogens with zero attached hydrogens (tertiary/aromatic N) is 2. The van der Waals surface area contributed by atoms with E-state index in [9.17, 15) is 0 Å². The quantitative estimate of drug-likeness (QED) is 0.591. The fourth-order valence-electron chi connectivity index (χ4n) is 1.13. The van der Waals surface area contributed by atoms with E-state index in [1.165, 1.54) is 6.33 Å². The van der Waals surface area contributed by atoms with E-state index in [-0.39, 0.29) is 5.54 Å². The lowest BCUT2D eigenvalue weighted by atomic mass is 10.1. The molecule has 4 N–H and O–H groups in total. The summed E-state index contributed by atoms with van der Waals surface area (Å²) in [5.41, 5.74) is 12.7. The topological polar surface area (TPSA) is 77.8 Å². The monoisotopic (exact) mass is 150 g/mol. The number of aromatic nitrogens is 2. The van der Waals surface area contributed by atoms with Gasteiger partial charge in [0.2, 0.25) is 0 Å². The van der Waals surface area contributed by atoms with E-state index < -0.39 is 0 Å². The maximum absolute atomic E-state index is 5.90. The highest BCUT2D eigenvalue weighted by molar-refractivity contribution is 5.46. The lowest BCUT2D eigenvalue weighted by Crippen LogP contribution is -2.22. The zero-order chi connectivity index (χ0) is 7.90. The third-order valence-corrected chi connectivity index (χ3v) is 2.00. The van der Waals surface area contributed by atoms with E-state index in [0.717, 1.165) is 18.5 Å². The maximum atomic E-state index is 5.90. The van der Waals surface area contributed by atoms with Gasteiger partial charge < -0.3 is 11.5 Å². The van der Waals surface area contributed by atoms with E-state index in [0.29, 0.717) is 5.69 Å². The summed E-state index contributed by atoms with van der Waals surface area (Å²) >= 11 is 0. The molecule has 1 aromatic heterocycles. The van der Waals surface area contributed by atoms with Crippen LogP contribution in [0.15, 0.2) is 12.5 Å². The van der Waals surface area contributed by atoms with Crippen molar-refractivity contribution in [1.82, 2.24) is 9.97 Å². The number of rotatable bonds is 1. The molecule has 1 aliphatic rings. The van der Waals surface area contributed by atoms with E-state index in [1.54, 1.807) is 6.20 Å². The SMILES string of the molecule is Nc1cncnc1C1(N)CC1. The molecule has 1 aliphatic carbocycles. The predicted octanol–water partition coefficient (Wildman–Crippen LogP) is 0.00660. The number of nitrogen functional groups attached to an aromatic ring is 1. The van der Waals surface area contributed by atoms with E-state index in [1.807, 2.05) is 0 Å². The first-order valence-corrected chi connectivity index (χ1v) is 3.57. The van der Waals surface area contributed by atoms with Gasteiger partial charge in [0.25, 0.3) is 0 Å². The van der Waals surface area contributed by atoms with Gasteiger partial charge in [-0.2, -0.15) is 0 Å². The molecule has 0 bridgehead atoms. The van der Waals surface area contributed by atoms with Gasteiger partial charge in [0.15, 0.2) is 0 Å². The van der Waals surface area contributed by atoms with Gasteiger partial charge in [0.1, 0.15) is 6.33 Å². The molecular formula is C7H10N4. The molecule has 2 rings (SSSR count). The van der Waals surface area contributed by atoms with Crippen molar-refractivity contribution in [3.05, 3.63) is 18.2 Å². The molecule has 11 heavy (non-hydrogen) atoms. The second-order valence-corrected chi connectivity index (χ2v) is 2.98. The minimum atomic E-state index is -0.243. The second kappa shape index (κ2) is 1.92. The molecule has 1 aromatic rings. The first kappa shape index (κ1) is 6.54. The lowest BCUT2D eigenvalue weighted by Gasteiger charge is -2.08. The molecule has 0 unspecified atom stereocenters. The molecule has 0 atom stereocenters. The van der Waals surface area contributed by atoms with Crippen LogP contribution in [0.25, 0.3) is 0 Å². The Labute approximate surface area is 64.6 Å². The van der Waals surface area contributed by atoms with Crippen LogP contribution in [-0.2, 0) is 5.54 Å². The molecule has 1 fully saturated rings. The Bertz CT molecular complexity index is 280. The van der Waals surface area contributed by atoms with Crippen LogP contribution in [0.5, 0.6) is 0 Å². The fraction of sp³-hybridized carbons (Fsp3) is 0.429. The molecule has 0 amide bonds. The molecule has 0 spiro atoms. The molecule has 4 heteroatoms. The molecule has 4 nitrogen and oxygen atoms in total. The highest BCUT2D eigenvalue weighted by Crippen LogP contribution is 2.43. The van der Waals surface area contributed by atoms with Crippen molar-refractivity contribution < 1.29 is 0 Å². The molecule has 1 saturated carbocycles. The Morgan fingerprint density at radius 3 is 2.73 bits per heavy atom. The standard InChI is InChI=1S/C7H10N4/c8-5-3-10-4-11-6(5)7(9)1-2-7/h3-4H,1-2,8-9H2. The summed E-state index contributed by atoms with van der Waals surface area (Å²) in [4.78, 5) is 7.85. The third-order valence-electron chi connectivity index (χ3n) is 2.00. The van der Waals surface area contributed by atoms with Gasteiger partial charge in [-0.1, -0.05) is 0 Å². The van der Waals surface area contributed by atoms with E-state index >= 15 is 0 Å². The van der Waals surface area contributed by atoms with Gasteiger partial charge in [-0.3, -0.25) is 0 Å². The highest BCUT2D eigenvalue weighted by atomic mass is 14.9. The summed E-state index contributed by atoms with van der Waals surface area (Å²) in [7, 11) is 0. The van der Waals surface area contributed by atoms with Crippen LogP contribution in [0, 0.1) is 0 Å². The Morgan fingerprint density at radius 1 is 1.45 bits per heavy atom. The maximum Gasteiger partial charge on any atom is 0.115 e. The van der Waals surface area contributed by atoms with Gasteiger partial charge in [-0.15, -0.1) is 0 Å². The number of hydrogen-bond acceptors (Lipinski definition) is 4. The number of anilines is 1. The fourth-order valence-corrected chi connectivity index (χ4v) is 1.13. The Hall–Kier alpha value is -1.16. The summed E-state index contributed by atoms with van der Waals surface area (Å²) in [6.07, 6.45) is 5.04. The van der Waals surface area contributed by atoms with Gasteiger partial charge in [0, 0.05) is 0 Å². The van der Waals surface area contributed by atoms with Gasteiger partial charge in [0.05, 0.1) is 23.1 Å². The van der Waals surface area contributed by atoms with Crippen molar-refractivity contribution in [3.63, 3.8) is 0 Å². The zero-order valence-electron chi connectivity index (χ0n) is 6.12. The molecule has 1 heterocycles. The van der Waals surface area contributed by atoms with Crippen LogP contribution in [0.1, 0.15) is 18.5 Å². The normalized spacial score (nSPS) is 19.7. The molecule has 58 valence electrons. The average Bonchev–Trinajstić information content (AvgIpc) is 2.70. The first-order chi connectivity index (χ1) is 5.22. The lowest BCUT2D eigenvalue weighted by molar-refractivity contribution is 0.707. The van der Waals surface area contributed by atoms with E-state index in [4.69, 9.17) is 11.5 Å². The Morgan fingerprint density at radius 2 is 2.18 bits per heavy atom. The van der Waals surface area contributed by atoms with Crippen LogP contribution >= 0.6 is 0 Å². The molecule has 0 radical (unpaired) electrons. The van der Waals surface area contributed by atoms with Gasteiger partial charge >= 0.3 is 0 Å². The summed E-state index contributed by atoms with van der Waals surface area (Å²) in [5, 5.41) is 0. The van der Waals surface area contributed by atoms with Crippen molar-refractivity contribution in [2.24, 2.45) is 5.73 Å². The highest BCUT2D eigenvalue weighted by Gasteiger charge is 2.42. The van der Waals surface area contributed by atoms with Crippen LogP contribution in [-0.4, -0.2) is 9.97 Å². The van der Waals surface area contributed by atoms with Crippen LogP contribution in [0.2, 0.25) is 0 Å². The summed E-state index contributed by atoms with van der Waals surface area (Å²) in [6.45, 7) is 0. The minimum Gasteiger partial charge on any atom is -0.396 e. The molecule has 0 aliphatic heterocycles. The second-order valence-electron chi connectivity index (χ2n) is 2.98. The van der Waals surface area contributed by atoms with Crippen molar-refractivity contribution >= 4 is 5.69 Å². The first-order valence-electron chi connectivity index (χ1n) is 3.57. The average molecular weight is 150 g/mol. The van der Waals surface area contributed by atoms with Gasteiger partial charge in [-0.25, -0.2) is 9.97 Å².